The number of rotatable bonds is 5. The van der Waals surface area contributed by atoms with E-state index < -0.39 is 11.4 Å². The molecule has 2 aromatic heterocycles. The molecule has 0 spiro atoms. The van der Waals surface area contributed by atoms with Crippen LogP contribution in [0.25, 0.3) is 16.5 Å². The number of carbonyl (C=O) groups excluding carboxylic acids is 1. The largest absolute Gasteiger partial charge is 0.345 e. The second kappa shape index (κ2) is 8.62. The maximum absolute atomic E-state index is 14.9. The number of pyridine rings is 2. The Morgan fingerprint density at radius 2 is 1.88 bits per heavy atom. The molecule has 166 valence electrons. The zero-order valence-electron chi connectivity index (χ0n) is 18.3. The van der Waals surface area contributed by atoms with Crippen molar-refractivity contribution in [2.45, 2.75) is 32.2 Å². The molecule has 0 bridgehead atoms. The first-order valence-corrected chi connectivity index (χ1v) is 11.2. The van der Waals surface area contributed by atoms with Crippen molar-refractivity contribution in [1.29, 1.82) is 0 Å². The Balaban J connectivity index is 1.68. The predicted molar refractivity (Wildman–Crippen MR) is 126 cm³/mol. The minimum Gasteiger partial charge on any atom is -0.345 e. The van der Waals surface area contributed by atoms with Crippen molar-refractivity contribution in [3.63, 3.8) is 0 Å². The smallest absolute Gasteiger partial charge is 0.266 e. The first-order chi connectivity index (χ1) is 16.1. The van der Waals surface area contributed by atoms with E-state index in [-0.39, 0.29) is 17.3 Å². The number of hydrogen-bond acceptors (Lipinski definition) is 3. The molecule has 33 heavy (non-hydrogen) atoms. The summed E-state index contributed by atoms with van der Waals surface area (Å²) in [6, 6.07) is 17.6. The van der Waals surface area contributed by atoms with Gasteiger partial charge in [-0.1, -0.05) is 48.9 Å². The normalized spacial score (nSPS) is 14.6. The maximum Gasteiger partial charge on any atom is 0.266 e. The highest BCUT2D eigenvalue weighted by atomic mass is 19.1. The first kappa shape index (κ1) is 21.1. The summed E-state index contributed by atoms with van der Waals surface area (Å²) in [7, 11) is 0. The summed E-state index contributed by atoms with van der Waals surface area (Å²) in [4.78, 5) is 31.2. The third-order valence-corrected chi connectivity index (χ3v) is 6.59. The van der Waals surface area contributed by atoms with Crippen LogP contribution in [-0.4, -0.2) is 15.5 Å². The number of nitrogens with zero attached hydrogens (tertiary/aromatic N) is 2. The minimum absolute atomic E-state index is 0.1000. The van der Waals surface area contributed by atoms with Crippen molar-refractivity contribution in [3.05, 3.63) is 106 Å². The quantitative estimate of drug-likeness (QED) is 0.468. The number of nitrogens with one attached hydrogen (secondary N) is 1. The van der Waals surface area contributed by atoms with E-state index in [1.165, 1.54) is 22.9 Å². The number of aromatic nitrogens is 2. The Bertz CT molecular complexity index is 1380. The number of benzene rings is 2. The van der Waals surface area contributed by atoms with Gasteiger partial charge in [-0.15, -0.1) is 0 Å². The lowest BCUT2D eigenvalue weighted by molar-refractivity contribution is 0.0901. The Kier molecular flexibility index (Phi) is 5.50. The average Bonchev–Trinajstić information content (AvgIpc) is 2.79. The van der Waals surface area contributed by atoms with Gasteiger partial charge in [-0.2, -0.15) is 0 Å². The highest BCUT2D eigenvalue weighted by Gasteiger charge is 2.31. The minimum atomic E-state index is -0.650. The van der Waals surface area contributed by atoms with Gasteiger partial charge in [-0.25, -0.2) is 4.39 Å². The zero-order chi connectivity index (χ0) is 22.9. The molecule has 6 heteroatoms. The van der Waals surface area contributed by atoms with Gasteiger partial charge in [0.2, 0.25) is 0 Å². The first-order valence-electron chi connectivity index (χ1n) is 11.2. The standard InChI is InChI=1S/C27H24FN3O2/c1-17-23(26(32)30-25(19-10-5-11-19)18-8-3-2-4-9-18)21-13-6-14-22(28)24(21)27(33)31(17)20-12-7-15-29-16-20/h2-4,6-9,12-16,19,25H,5,10-11H2,1H3,(H,30,32)/t25-/m1/s1. The molecule has 2 aromatic carbocycles. The molecule has 1 atom stereocenters. The molecule has 1 amide bonds. The van der Waals surface area contributed by atoms with Crippen LogP contribution >= 0.6 is 0 Å². The highest BCUT2D eigenvalue weighted by Crippen LogP contribution is 2.38. The molecule has 2 heterocycles. The molecular weight excluding hydrogens is 417 g/mol. The third kappa shape index (κ3) is 3.71. The van der Waals surface area contributed by atoms with Gasteiger partial charge in [0.15, 0.2) is 0 Å². The van der Waals surface area contributed by atoms with Crippen LogP contribution in [0.3, 0.4) is 0 Å². The average molecular weight is 442 g/mol. The molecule has 1 saturated carbocycles. The maximum atomic E-state index is 14.9. The van der Waals surface area contributed by atoms with Crippen LogP contribution in [0.4, 0.5) is 4.39 Å². The lowest BCUT2D eigenvalue weighted by Gasteiger charge is -2.35. The topological polar surface area (TPSA) is 64.0 Å². The summed E-state index contributed by atoms with van der Waals surface area (Å²) in [5, 5.41) is 3.43. The van der Waals surface area contributed by atoms with E-state index in [2.05, 4.69) is 10.3 Å². The van der Waals surface area contributed by atoms with Crippen molar-refractivity contribution in [3.8, 4) is 5.69 Å². The summed E-state index contributed by atoms with van der Waals surface area (Å²) in [5.41, 5.74) is 1.77. The molecule has 4 aromatic rings. The molecule has 1 fully saturated rings. The van der Waals surface area contributed by atoms with Crippen molar-refractivity contribution < 1.29 is 9.18 Å². The molecular formula is C27H24FN3O2. The fourth-order valence-corrected chi connectivity index (χ4v) is 4.72. The van der Waals surface area contributed by atoms with Gasteiger partial charge in [-0.05, 0) is 49.4 Å². The van der Waals surface area contributed by atoms with Crippen LogP contribution in [0.5, 0.6) is 0 Å². The second-order valence-electron chi connectivity index (χ2n) is 8.53. The van der Waals surface area contributed by atoms with Crippen LogP contribution in [0.1, 0.15) is 46.9 Å². The Morgan fingerprint density at radius 3 is 2.55 bits per heavy atom. The summed E-state index contributed by atoms with van der Waals surface area (Å²) in [5.74, 6) is -0.617. The predicted octanol–water partition coefficient (Wildman–Crippen LogP) is 5.10. The fraction of sp³-hybridized carbons (Fsp3) is 0.222. The van der Waals surface area contributed by atoms with Crippen LogP contribution < -0.4 is 10.9 Å². The lowest BCUT2D eigenvalue weighted by Crippen LogP contribution is -2.37. The molecule has 0 aliphatic heterocycles. The van der Waals surface area contributed by atoms with Crippen LogP contribution in [0.2, 0.25) is 0 Å². The Morgan fingerprint density at radius 1 is 1.09 bits per heavy atom. The molecule has 0 saturated heterocycles. The van der Waals surface area contributed by atoms with Gasteiger partial charge < -0.3 is 5.32 Å². The molecule has 5 nitrogen and oxygen atoms in total. The van der Waals surface area contributed by atoms with Gasteiger partial charge >= 0.3 is 0 Å². The van der Waals surface area contributed by atoms with Gasteiger partial charge in [0.25, 0.3) is 11.5 Å². The van der Waals surface area contributed by atoms with Gasteiger partial charge in [-0.3, -0.25) is 19.1 Å². The van der Waals surface area contributed by atoms with Gasteiger partial charge in [0.1, 0.15) is 5.82 Å². The summed E-state index contributed by atoms with van der Waals surface area (Å²) >= 11 is 0. The lowest BCUT2D eigenvalue weighted by atomic mass is 9.77. The Labute approximate surface area is 190 Å². The monoisotopic (exact) mass is 441 g/mol. The number of fused-ring (bicyclic) bond motifs is 1. The number of carbonyl (C=O) groups is 1. The van der Waals surface area contributed by atoms with Crippen molar-refractivity contribution in [2.24, 2.45) is 5.92 Å². The summed E-state index contributed by atoms with van der Waals surface area (Å²) < 4.78 is 16.2. The number of halogens is 1. The fourth-order valence-electron chi connectivity index (χ4n) is 4.72. The van der Waals surface area contributed by atoms with Crippen molar-refractivity contribution in [2.75, 3.05) is 0 Å². The van der Waals surface area contributed by atoms with E-state index in [0.717, 1.165) is 24.8 Å². The summed E-state index contributed by atoms with van der Waals surface area (Å²) in [6.45, 7) is 1.72. The van der Waals surface area contributed by atoms with E-state index in [0.29, 0.717) is 28.2 Å². The van der Waals surface area contributed by atoms with Crippen LogP contribution in [0, 0.1) is 18.7 Å². The molecule has 1 aliphatic carbocycles. The molecule has 1 N–H and O–H groups in total. The van der Waals surface area contributed by atoms with E-state index >= 15 is 0 Å². The SMILES string of the molecule is Cc1c(C(=O)N[C@H](c2ccccc2)C2CCC2)c2cccc(F)c2c(=O)n1-c1cccnc1. The third-order valence-electron chi connectivity index (χ3n) is 6.59. The van der Waals surface area contributed by atoms with Crippen LogP contribution in [0.15, 0.2) is 77.9 Å². The van der Waals surface area contributed by atoms with Gasteiger partial charge in [0, 0.05) is 17.3 Å². The zero-order valence-corrected chi connectivity index (χ0v) is 18.3. The molecule has 1 aliphatic rings. The summed E-state index contributed by atoms with van der Waals surface area (Å²) in [6.07, 6.45) is 6.36. The van der Waals surface area contributed by atoms with E-state index in [1.54, 1.807) is 31.3 Å². The highest BCUT2D eigenvalue weighted by molar-refractivity contribution is 6.08. The molecule has 0 unspecified atom stereocenters. The second-order valence-corrected chi connectivity index (χ2v) is 8.53. The van der Waals surface area contributed by atoms with Crippen molar-refractivity contribution in [1.82, 2.24) is 14.9 Å². The molecule has 5 rings (SSSR count). The van der Waals surface area contributed by atoms with E-state index in [4.69, 9.17) is 0 Å². The van der Waals surface area contributed by atoms with E-state index in [9.17, 15) is 14.0 Å². The van der Waals surface area contributed by atoms with Gasteiger partial charge in [0.05, 0.1) is 28.9 Å². The van der Waals surface area contributed by atoms with E-state index in [1.807, 2.05) is 30.3 Å². The van der Waals surface area contributed by atoms with Crippen molar-refractivity contribution >= 4 is 16.7 Å². The number of amides is 1. The Hall–Kier alpha value is -3.80. The van der Waals surface area contributed by atoms with Crippen LogP contribution in [-0.2, 0) is 0 Å². The molecule has 0 radical (unpaired) electrons. The number of hydrogen-bond donors (Lipinski definition) is 1.